The number of aromatic amines is 1. The summed E-state index contributed by atoms with van der Waals surface area (Å²) in [5.74, 6) is 0.850. The molecular formula is C27H28N2O4. The molecule has 1 aromatic heterocycles. The van der Waals surface area contributed by atoms with Crippen molar-refractivity contribution in [3.8, 4) is 11.5 Å². The average molecular weight is 445 g/mol. The molecule has 1 N–H and O–H groups in total. The Bertz CT molecular complexity index is 1340. The Kier molecular flexibility index (Phi) is 7.18. The minimum absolute atomic E-state index is 0. The third-order valence-corrected chi connectivity index (χ3v) is 5.34. The van der Waals surface area contributed by atoms with Crippen LogP contribution in [-0.2, 0) is 6.54 Å². The van der Waals surface area contributed by atoms with Crippen molar-refractivity contribution in [1.29, 1.82) is 0 Å². The second-order valence-corrected chi connectivity index (χ2v) is 7.51. The number of nitrogens with zero attached hydrogens (tertiary/aromatic N) is 1. The lowest BCUT2D eigenvalue weighted by Crippen LogP contribution is -2.33. The van der Waals surface area contributed by atoms with Gasteiger partial charge in [-0.2, -0.15) is 0 Å². The molecule has 3 aromatic carbocycles. The quantitative estimate of drug-likeness (QED) is 0.436. The zero-order valence-electron chi connectivity index (χ0n) is 18.2. The molecule has 6 nitrogen and oxygen atoms in total. The lowest BCUT2D eigenvalue weighted by atomic mass is 10.1. The number of carbonyl (C=O) groups excluding carboxylic acids is 1. The molecule has 0 unspecified atom stereocenters. The van der Waals surface area contributed by atoms with Crippen LogP contribution >= 0.6 is 0 Å². The summed E-state index contributed by atoms with van der Waals surface area (Å²) in [6.45, 7) is 2.05. The van der Waals surface area contributed by atoms with E-state index in [9.17, 15) is 9.59 Å². The van der Waals surface area contributed by atoms with Gasteiger partial charge in [-0.15, -0.1) is 0 Å². The number of H-pyrrole nitrogens is 1. The third kappa shape index (κ3) is 4.90. The fourth-order valence-corrected chi connectivity index (χ4v) is 3.68. The van der Waals surface area contributed by atoms with Gasteiger partial charge in [0.1, 0.15) is 11.5 Å². The van der Waals surface area contributed by atoms with Crippen LogP contribution in [0.5, 0.6) is 11.5 Å². The largest absolute Gasteiger partial charge is 0.497 e. The van der Waals surface area contributed by atoms with E-state index in [0.717, 1.165) is 16.5 Å². The van der Waals surface area contributed by atoms with E-state index in [1.807, 2.05) is 43.3 Å². The summed E-state index contributed by atoms with van der Waals surface area (Å²) in [4.78, 5) is 31.0. The normalized spacial score (nSPS) is 10.4. The van der Waals surface area contributed by atoms with Crippen LogP contribution < -0.4 is 19.9 Å². The van der Waals surface area contributed by atoms with Gasteiger partial charge < -0.3 is 19.4 Å². The molecule has 4 rings (SSSR count). The predicted octanol–water partition coefficient (Wildman–Crippen LogP) is 5.34. The van der Waals surface area contributed by atoms with Crippen LogP contribution in [0.15, 0.2) is 77.6 Å². The highest BCUT2D eigenvalue weighted by Gasteiger charge is 2.23. The number of rotatable bonds is 6. The van der Waals surface area contributed by atoms with Crippen molar-refractivity contribution in [3.05, 3.63) is 99.8 Å². The number of hydrogen-bond donors (Lipinski definition) is 1. The van der Waals surface area contributed by atoms with Gasteiger partial charge in [-0.3, -0.25) is 9.59 Å². The SMILES string of the molecule is C.COc1cccc(C(=O)N(Cc2cc3ccc(C)cc3[nH]c2=O)c2ccccc2OC)c1. The number of hydrogen-bond acceptors (Lipinski definition) is 4. The van der Waals surface area contributed by atoms with Gasteiger partial charge in [0.15, 0.2) is 0 Å². The Morgan fingerprint density at radius 2 is 1.73 bits per heavy atom. The first kappa shape index (κ1) is 23.6. The number of aromatic nitrogens is 1. The Morgan fingerprint density at radius 3 is 2.48 bits per heavy atom. The number of aryl methyl sites for hydroxylation is 1. The summed E-state index contributed by atoms with van der Waals surface area (Å²) in [6, 6.07) is 21.9. The van der Waals surface area contributed by atoms with Crippen molar-refractivity contribution >= 4 is 22.5 Å². The van der Waals surface area contributed by atoms with Gasteiger partial charge in [-0.1, -0.05) is 37.8 Å². The van der Waals surface area contributed by atoms with Crippen molar-refractivity contribution in [2.75, 3.05) is 19.1 Å². The molecule has 170 valence electrons. The standard InChI is InChI=1S/C26H24N2O4.CH4/c1-17-11-12-18-14-20(25(29)27-22(18)13-17)16-28(23-9-4-5-10-24(23)32-3)26(30)19-7-6-8-21(15-19)31-2;/h4-15H,16H2,1-3H3,(H,27,29);1H4. The monoisotopic (exact) mass is 444 g/mol. The number of ether oxygens (including phenoxy) is 2. The number of methoxy groups -OCH3 is 2. The Hall–Kier alpha value is -4.06. The van der Waals surface area contributed by atoms with E-state index in [-0.39, 0.29) is 25.4 Å². The summed E-state index contributed by atoms with van der Waals surface area (Å²) in [5, 5.41) is 0.902. The molecule has 0 fully saturated rings. The summed E-state index contributed by atoms with van der Waals surface area (Å²) in [6.07, 6.45) is 0. The maximum absolute atomic E-state index is 13.6. The number of anilines is 1. The topological polar surface area (TPSA) is 71.6 Å². The summed E-state index contributed by atoms with van der Waals surface area (Å²) < 4.78 is 10.8. The first-order valence-corrected chi connectivity index (χ1v) is 10.2. The smallest absolute Gasteiger partial charge is 0.258 e. The molecule has 0 saturated heterocycles. The fourth-order valence-electron chi connectivity index (χ4n) is 3.68. The Balaban J connectivity index is 0.00000306. The van der Waals surface area contributed by atoms with Gasteiger partial charge in [-0.05, 0) is 60.3 Å². The number of benzene rings is 3. The van der Waals surface area contributed by atoms with Gasteiger partial charge in [0.25, 0.3) is 11.5 Å². The molecule has 33 heavy (non-hydrogen) atoms. The molecule has 1 heterocycles. The summed E-state index contributed by atoms with van der Waals surface area (Å²) in [7, 11) is 3.11. The van der Waals surface area contributed by atoms with Crippen LogP contribution in [0.2, 0.25) is 0 Å². The number of amides is 1. The van der Waals surface area contributed by atoms with E-state index in [2.05, 4.69) is 4.98 Å². The van der Waals surface area contributed by atoms with Crippen molar-refractivity contribution in [3.63, 3.8) is 0 Å². The number of pyridine rings is 1. The molecule has 1 amide bonds. The van der Waals surface area contributed by atoms with Crippen LogP contribution in [0.4, 0.5) is 5.69 Å². The van der Waals surface area contributed by atoms with Crippen molar-refractivity contribution in [2.24, 2.45) is 0 Å². The van der Waals surface area contributed by atoms with Gasteiger partial charge in [0.2, 0.25) is 0 Å². The lowest BCUT2D eigenvalue weighted by Gasteiger charge is -2.25. The van der Waals surface area contributed by atoms with Crippen LogP contribution in [-0.4, -0.2) is 25.1 Å². The van der Waals surface area contributed by atoms with Crippen LogP contribution in [0.3, 0.4) is 0 Å². The minimum Gasteiger partial charge on any atom is -0.497 e. The van der Waals surface area contributed by atoms with E-state index in [0.29, 0.717) is 28.3 Å². The first-order valence-electron chi connectivity index (χ1n) is 10.2. The number of fused-ring (bicyclic) bond motifs is 1. The van der Waals surface area contributed by atoms with E-state index in [1.54, 1.807) is 55.5 Å². The highest BCUT2D eigenvalue weighted by atomic mass is 16.5. The van der Waals surface area contributed by atoms with Gasteiger partial charge in [-0.25, -0.2) is 0 Å². The van der Waals surface area contributed by atoms with Crippen molar-refractivity contribution in [1.82, 2.24) is 4.98 Å². The van der Waals surface area contributed by atoms with E-state index in [1.165, 1.54) is 0 Å². The second kappa shape index (κ2) is 10.0. The van der Waals surface area contributed by atoms with E-state index >= 15 is 0 Å². The number of para-hydroxylation sites is 2. The van der Waals surface area contributed by atoms with Crippen molar-refractivity contribution in [2.45, 2.75) is 20.9 Å². The fraction of sp³-hybridized carbons (Fsp3) is 0.185. The highest BCUT2D eigenvalue weighted by Crippen LogP contribution is 2.31. The molecule has 0 aliphatic rings. The molecule has 4 aromatic rings. The van der Waals surface area contributed by atoms with Crippen LogP contribution in [0, 0.1) is 6.92 Å². The van der Waals surface area contributed by atoms with Crippen LogP contribution in [0.25, 0.3) is 10.9 Å². The lowest BCUT2D eigenvalue weighted by molar-refractivity contribution is 0.0984. The van der Waals surface area contributed by atoms with Crippen LogP contribution in [0.1, 0.15) is 28.9 Å². The molecule has 6 heteroatoms. The van der Waals surface area contributed by atoms with E-state index < -0.39 is 0 Å². The third-order valence-electron chi connectivity index (χ3n) is 5.34. The number of nitrogens with one attached hydrogen (secondary N) is 1. The summed E-state index contributed by atoms with van der Waals surface area (Å²) >= 11 is 0. The molecule has 0 aliphatic heterocycles. The Labute approximate surface area is 193 Å². The molecule has 0 saturated carbocycles. The molecule has 0 aliphatic carbocycles. The highest BCUT2D eigenvalue weighted by molar-refractivity contribution is 6.07. The second-order valence-electron chi connectivity index (χ2n) is 7.51. The molecular weight excluding hydrogens is 416 g/mol. The predicted molar refractivity (Wildman–Crippen MR) is 133 cm³/mol. The zero-order chi connectivity index (χ0) is 22.7. The minimum atomic E-state index is -0.267. The molecule has 0 atom stereocenters. The maximum Gasteiger partial charge on any atom is 0.258 e. The summed E-state index contributed by atoms with van der Waals surface area (Å²) in [5.41, 5.74) is 3.09. The number of carbonyl (C=O) groups is 1. The van der Waals surface area contributed by atoms with Crippen molar-refractivity contribution < 1.29 is 14.3 Å². The van der Waals surface area contributed by atoms with Gasteiger partial charge in [0, 0.05) is 16.6 Å². The zero-order valence-corrected chi connectivity index (χ0v) is 18.2. The Morgan fingerprint density at radius 1 is 0.939 bits per heavy atom. The molecule has 0 bridgehead atoms. The van der Waals surface area contributed by atoms with Gasteiger partial charge >= 0.3 is 0 Å². The first-order chi connectivity index (χ1) is 15.5. The molecule has 0 radical (unpaired) electrons. The van der Waals surface area contributed by atoms with Gasteiger partial charge in [0.05, 0.1) is 26.5 Å². The molecule has 0 spiro atoms. The maximum atomic E-state index is 13.6. The average Bonchev–Trinajstić information content (AvgIpc) is 2.82. The van der Waals surface area contributed by atoms with E-state index in [4.69, 9.17) is 9.47 Å².